The average Bonchev–Trinajstić information content (AvgIpc) is 3.28. The molecule has 3 rings (SSSR count). The molecule has 0 aliphatic carbocycles. The van der Waals surface area contributed by atoms with E-state index in [1.165, 1.54) is 0 Å². The largest absolute Gasteiger partial charge is 0.394 e. The Labute approximate surface area is 255 Å². The van der Waals surface area contributed by atoms with E-state index >= 15 is 0 Å². The van der Waals surface area contributed by atoms with Crippen LogP contribution in [-0.4, -0.2) is 226 Å². The van der Waals surface area contributed by atoms with E-state index in [-0.39, 0.29) is 0 Å². The standard InChI is InChI=1S/C24H44O21/c25-1-9-14(32)17(35)19(37)22(43-9)40-3-7(28)12(30)13(31)8(29)4-42-24(6-27)21(39)16(34)11(45-24)5-41-23-20(38)18(36)15(33)10(2-26)44-23/h7-23,25-39H,1-6H2/t7-,8?,9-,10-,11-,12-,13-,14-,15-,16-,17+,18+,19-,20-,21+,22+,23+,24-/m1/s1. The van der Waals surface area contributed by atoms with Crippen molar-refractivity contribution in [2.24, 2.45) is 0 Å². The monoisotopic (exact) mass is 668 g/mol. The Kier molecular flexibility index (Phi) is 14.2. The van der Waals surface area contributed by atoms with Gasteiger partial charge < -0.3 is 105 Å². The number of hydrogen-bond acceptors (Lipinski definition) is 21. The number of hydrogen-bond donors (Lipinski definition) is 15. The maximum absolute atomic E-state index is 10.5. The molecule has 3 fully saturated rings. The topological polar surface area (TPSA) is 359 Å². The van der Waals surface area contributed by atoms with Crippen LogP contribution in [0, 0.1) is 0 Å². The summed E-state index contributed by atoms with van der Waals surface area (Å²) in [5.74, 6) is -2.42. The van der Waals surface area contributed by atoms with Crippen LogP contribution >= 0.6 is 0 Å². The van der Waals surface area contributed by atoms with Crippen molar-refractivity contribution >= 4 is 0 Å². The van der Waals surface area contributed by atoms with E-state index in [4.69, 9.17) is 28.4 Å². The quantitative estimate of drug-likeness (QED) is 0.0770. The van der Waals surface area contributed by atoms with Crippen molar-refractivity contribution in [1.82, 2.24) is 0 Å². The minimum Gasteiger partial charge on any atom is -0.394 e. The SMILES string of the molecule is OC[C@H]1O[C@H](OC[C@@H](O)[C@@H](O)[C@H](O)C(O)CO[C@]2(CO)O[C@H](CO[C@H]3O[C@H](CO)[C@@H](O)[C@H](O)[C@H]3O)[C@@H](O)[C@@H]2O)[C@H](O)[C@@H](O)[C@@H]1O. The van der Waals surface area contributed by atoms with Crippen molar-refractivity contribution in [3.05, 3.63) is 0 Å². The molecule has 3 saturated heterocycles. The zero-order valence-electron chi connectivity index (χ0n) is 23.7. The number of aliphatic hydroxyl groups excluding tert-OH is 15. The van der Waals surface area contributed by atoms with Crippen molar-refractivity contribution in [2.45, 2.75) is 110 Å². The Balaban J connectivity index is 1.52. The summed E-state index contributed by atoms with van der Waals surface area (Å²) in [6.07, 6.45) is -29.9. The second-order valence-corrected chi connectivity index (χ2v) is 11.0. The first kappa shape index (κ1) is 38.6. The molecular formula is C24H44O21. The summed E-state index contributed by atoms with van der Waals surface area (Å²) in [5.41, 5.74) is 0. The lowest BCUT2D eigenvalue weighted by atomic mass is 9.99. The molecule has 0 aromatic heterocycles. The number of aliphatic hydroxyl groups is 15. The third-order valence-electron chi connectivity index (χ3n) is 7.92. The minimum atomic E-state index is -2.42. The molecule has 1 unspecified atom stereocenters. The summed E-state index contributed by atoms with van der Waals surface area (Å²) >= 11 is 0. The molecule has 21 nitrogen and oxygen atoms in total. The Morgan fingerprint density at radius 1 is 0.556 bits per heavy atom. The lowest BCUT2D eigenvalue weighted by Gasteiger charge is -2.40. The summed E-state index contributed by atoms with van der Waals surface area (Å²) < 4.78 is 31.3. The molecule has 0 bridgehead atoms. The first-order valence-corrected chi connectivity index (χ1v) is 14.0. The zero-order valence-corrected chi connectivity index (χ0v) is 23.7. The van der Waals surface area contributed by atoms with Crippen LogP contribution in [0.1, 0.15) is 0 Å². The van der Waals surface area contributed by atoms with Gasteiger partial charge in [0.05, 0.1) is 33.0 Å². The predicted octanol–water partition coefficient (Wildman–Crippen LogP) is -10.1. The van der Waals surface area contributed by atoms with Crippen LogP contribution in [-0.2, 0) is 28.4 Å². The summed E-state index contributed by atoms with van der Waals surface area (Å²) in [4.78, 5) is 0. The first-order chi connectivity index (χ1) is 21.1. The average molecular weight is 669 g/mol. The fraction of sp³-hybridized carbons (Fsp3) is 1.00. The highest BCUT2D eigenvalue weighted by atomic mass is 16.8. The van der Waals surface area contributed by atoms with Gasteiger partial charge in [-0.25, -0.2) is 0 Å². The molecule has 3 heterocycles. The second-order valence-electron chi connectivity index (χ2n) is 11.0. The number of rotatable bonds is 15. The fourth-order valence-corrected chi connectivity index (χ4v) is 4.96. The van der Waals surface area contributed by atoms with Crippen molar-refractivity contribution in [2.75, 3.05) is 39.6 Å². The number of ether oxygens (including phenoxy) is 6. The second kappa shape index (κ2) is 16.5. The van der Waals surface area contributed by atoms with Gasteiger partial charge in [0, 0.05) is 0 Å². The van der Waals surface area contributed by atoms with Crippen LogP contribution in [0.15, 0.2) is 0 Å². The summed E-state index contributed by atoms with van der Waals surface area (Å²) in [5, 5.41) is 150. The third kappa shape index (κ3) is 8.43. The summed E-state index contributed by atoms with van der Waals surface area (Å²) in [6, 6.07) is 0. The molecule has 45 heavy (non-hydrogen) atoms. The lowest BCUT2D eigenvalue weighted by molar-refractivity contribution is -0.316. The van der Waals surface area contributed by atoms with Gasteiger partial charge in [0.2, 0.25) is 5.79 Å². The molecule has 0 radical (unpaired) electrons. The van der Waals surface area contributed by atoms with Gasteiger partial charge in [-0.15, -0.1) is 0 Å². The van der Waals surface area contributed by atoms with Crippen molar-refractivity contribution in [3.63, 3.8) is 0 Å². The van der Waals surface area contributed by atoms with E-state index < -0.39 is 150 Å². The first-order valence-electron chi connectivity index (χ1n) is 14.0. The maximum Gasteiger partial charge on any atom is 0.221 e. The van der Waals surface area contributed by atoms with E-state index in [9.17, 15) is 76.6 Å². The molecule has 0 saturated carbocycles. The van der Waals surface area contributed by atoms with E-state index in [1.807, 2.05) is 0 Å². The highest BCUT2D eigenvalue weighted by Gasteiger charge is 2.56. The Bertz CT molecular complexity index is 884. The molecule has 0 aromatic rings. The van der Waals surface area contributed by atoms with Gasteiger partial charge >= 0.3 is 0 Å². The highest BCUT2D eigenvalue weighted by molar-refractivity contribution is 4.98. The zero-order chi connectivity index (χ0) is 33.8. The van der Waals surface area contributed by atoms with E-state index in [1.54, 1.807) is 0 Å². The maximum atomic E-state index is 10.5. The molecule has 0 aromatic carbocycles. The van der Waals surface area contributed by atoms with Crippen molar-refractivity contribution in [1.29, 1.82) is 0 Å². The van der Waals surface area contributed by atoms with Gasteiger partial charge in [0.15, 0.2) is 12.6 Å². The normalized spacial score (nSPS) is 45.3. The summed E-state index contributed by atoms with van der Waals surface area (Å²) in [6.45, 7) is -5.09. The Morgan fingerprint density at radius 2 is 1.02 bits per heavy atom. The van der Waals surface area contributed by atoms with Crippen molar-refractivity contribution < 1.29 is 105 Å². The van der Waals surface area contributed by atoms with Crippen molar-refractivity contribution in [3.8, 4) is 0 Å². The molecular weight excluding hydrogens is 624 g/mol. The summed E-state index contributed by atoms with van der Waals surface area (Å²) in [7, 11) is 0. The van der Waals surface area contributed by atoms with Gasteiger partial charge in [0.1, 0.15) is 98.2 Å². The molecule has 3 aliphatic rings. The third-order valence-corrected chi connectivity index (χ3v) is 7.92. The van der Waals surface area contributed by atoms with E-state index in [0.29, 0.717) is 0 Å². The molecule has 15 N–H and O–H groups in total. The molecule has 18 atom stereocenters. The highest BCUT2D eigenvalue weighted by Crippen LogP contribution is 2.34. The molecule has 21 heteroatoms. The van der Waals surface area contributed by atoms with Gasteiger partial charge in [-0.05, 0) is 0 Å². The smallest absolute Gasteiger partial charge is 0.221 e. The van der Waals surface area contributed by atoms with E-state index in [2.05, 4.69) is 0 Å². The van der Waals surface area contributed by atoms with Gasteiger partial charge in [-0.2, -0.15) is 0 Å². The van der Waals surface area contributed by atoms with Crippen LogP contribution in [0.2, 0.25) is 0 Å². The van der Waals surface area contributed by atoms with Crippen LogP contribution in [0.25, 0.3) is 0 Å². The van der Waals surface area contributed by atoms with Crippen LogP contribution < -0.4 is 0 Å². The molecule has 266 valence electrons. The molecule has 3 aliphatic heterocycles. The van der Waals surface area contributed by atoms with Gasteiger partial charge in [0.25, 0.3) is 0 Å². The van der Waals surface area contributed by atoms with Gasteiger partial charge in [-0.1, -0.05) is 0 Å². The molecule has 0 amide bonds. The van der Waals surface area contributed by atoms with Crippen LogP contribution in [0.5, 0.6) is 0 Å². The molecule has 0 spiro atoms. The minimum absolute atomic E-state index is 0.656. The van der Waals surface area contributed by atoms with Crippen LogP contribution in [0.3, 0.4) is 0 Å². The van der Waals surface area contributed by atoms with Crippen LogP contribution in [0.4, 0.5) is 0 Å². The Morgan fingerprint density at radius 3 is 1.49 bits per heavy atom. The predicted molar refractivity (Wildman–Crippen MR) is 136 cm³/mol. The lowest BCUT2D eigenvalue weighted by Crippen LogP contribution is -2.59. The van der Waals surface area contributed by atoms with E-state index in [0.717, 1.165) is 0 Å². The Hall–Kier alpha value is -0.840. The van der Waals surface area contributed by atoms with Gasteiger partial charge in [-0.3, -0.25) is 0 Å². The fourth-order valence-electron chi connectivity index (χ4n) is 4.96.